The van der Waals surface area contributed by atoms with E-state index in [0.717, 1.165) is 36.6 Å². The zero-order valence-corrected chi connectivity index (χ0v) is 15.4. The molecule has 1 spiro atoms. The molecule has 1 heterocycles. The van der Waals surface area contributed by atoms with Crippen LogP contribution in [0, 0.1) is 17.2 Å². The summed E-state index contributed by atoms with van der Waals surface area (Å²) in [5.74, 6) is -0.240. The topological polar surface area (TPSA) is 52.6 Å². The van der Waals surface area contributed by atoms with Crippen LogP contribution in [0.25, 0.3) is 0 Å². The molecule has 0 aromatic heterocycles. The Bertz CT molecular complexity index is 685. The van der Waals surface area contributed by atoms with Gasteiger partial charge in [0.1, 0.15) is 5.82 Å². The van der Waals surface area contributed by atoms with Gasteiger partial charge in [0, 0.05) is 30.8 Å². The number of carbonyl (C=O) groups is 1. The number of hydrogen-bond donors (Lipinski definition) is 2. The predicted octanol–water partition coefficient (Wildman–Crippen LogP) is 4.05. The molecule has 0 radical (unpaired) electrons. The second-order valence-corrected chi connectivity index (χ2v) is 8.69. The Labute approximate surface area is 154 Å². The molecule has 4 rings (SSSR count). The summed E-state index contributed by atoms with van der Waals surface area (Å²) in [7, 11) is 0. The van der Waals surface area contributed by atoms with E-state index < -0.39 is 5.91 Å². The summed E-state index contributed by atoms with van der Waals surface area (Å²) < 4.78 is 14.5. The summed E-state index contributed by atoms with van der Waals surface area (Å²) in [5.41, 5.74) is 4.01. The number of nitrogens with zero attached hydrogens (tertiary/aromatic N) is 1. The second kappa shape index (κ2) is 7.28. The van der Waals surface area contributed by atoms with Gasteiger partial charge in [0.15, 0.2) is 0 Å². The summed E-state index contributed by atoms with van der Waals surface area (Å²) in [5, 5.41) is 8.76. The minimum atomic E-state index is -0.655. The van der Waals surface area contributed by atoms with Crippen molar-refractivity contribution >= 4 is 5.91 Å². The summed E-state index contributed by atoms with van der Waals surface area (Å²) >= 11 is 0. The molecule has 1 aromatic rings. The van der Waals surface area contributed by atoms with E-state index in [9.17, 15) is 9.18 Å². The van der Waals surface area contributed by atoms with Crippen molar-refractivity contribution < 1.29 is 14.4 Å². The SMILES string of the molecule is O=C(NO)c1cc(F)c2c(c1)CCN(C[C@H]1CCC3(CCCCC3)C1)C2. The van der Waals surface area contributed by atoms with Gasteiger partial charge in [-0.1, -0.05) is 19.3 Å². The van der Waals surface area contributed by atoms with E-state index in [-0.39, 0.29) is 11.4 Å². The molecule has 3 aliphatic rings. The van der Waals surface area contributed by atoms with Gasteiger partial charge in [-0.3, -0.25) is 14.9 Å². The van der Waals surface area contributed by atoms with Crippen LogP contribution in [0.5, 0.6) is 0 Å². The lowest BCUT2D eigenvalue weighted by Crippen LogP contribution is -2.35. The van der Waals surface area contributed by atoms with Gasteiger partial charge in [0.2, 0.25) is 0 Å². The average Bonchev–Trinajstić information content (AvgIpc) is 3.03. The van der Waals surface area contributed by atoms with Crippen LogP contribution in [0.2, 0.25) is 0 Å². The molecule has 1 amide bonds. The average molecular weight is 360 g/mol. The molecular formula is C21H29FN2O2. The predicted molar refractivity (Wildman–Crippen MR) is 97.5 cm³/mol. The first-order valence-electron chi connectivity index (χ1n) is 10.1. The van der Waals surface area contributed by atoms with Crippen LogP contribution in [-0.4, -0.2) is 29.1 Å². The molecule has 0 saturated heterocycles. The van der Waals surface area contributed by atoms with Crippen LogP contribution >= 0.6 is 0 Å². The van der Waals surface area contributed by atoms with Crippen molar-refractivity contribution in [1.29, 1.82) is 0 Å². The van der Waals surface area contributed by atoms with Crippen LogP contribution in [0.3, 0.4) is 0 Å². The number of nitrogens with one attached hydrogen (secondary N) is 1. The monoisotopic (exact) mass is 360 g/mol. The van der Waals surface area contributed by atoms with Crippen molar-refractivity contribution in [2.24, 2.45) is 11.3 Å². The van der Waals surface area contributed by atoms with Gasteiger partial charge in [0.25, 0.3) is 5.91 Å². The van der Waals surface area contributed by atoms with E-state index in [1.54, 1.807) is 11.5 Å². The van der Waals surface area contributed by atoms with Crippen LogP contribution in [0.4, 0.5) is 4.39 Å². The molecule has 142 valence electrons. The molecule has 2 aliphatic carbocycles. The third kappa shape index (κ3) is 3.52. The molecule has 4 nitrogen and oxygen atoms in total. The molecular weight excluding hydrogens is 331 g/mol. The van der Waals surface area contributed by atoms with Crippen molar-refractivity contribution in [1.82, 2.24) is 10.4 Å². The third-order valence-corrected chi connectivity index (χ3v) is 6.97. The van der Waals surface area contributed by atoms with Gasteiger partial charge in [-0.15, -0.1) is 0 Å². The Morgan fingerprint density at radius 2 is 2.08 bits per heavy atom. The van der Waals surface area contributed by atoms with Gasteiger partial charge in [-0.2, -0.15) is 0 Å². The number of halogens is 1. The van der Waals surface area contributed by atoms with Crippen molar-refractivity contribution in [3.63, 3.8) is 0 Å². The van der Waals surface area contributed by atoms with Crippen LogP contribution in [-0.2, 0) is 13.0 Å². The second-order valence-electron chi connectivity index (χ2n) is 8.69. The number of fused-ring (bicyclic) bond motifs is 1. The molecule has 1 aliphatic heterocycles. The lowest BCUT2D eigenvalue weighted by atomic mass is 9.72. The van der Waals surface area contributed by atoms with Crippen molar-refractivity contribution in [3.05, 3.63) is 34.6 Å². The van der Waals surface area contributed by atoms with Gasteiger partial charge in [-0.25, -0.2) is 9.87 Å². The Hall–Kier alpha value is -1.46. The van der Waals surface area contributed by atoms with E-state index in [1.807, 2.05) is 0 Å². The molecule has 2 saturated carbocycles. The summed E-state index contributed by atoms with van der Waals surface area (Å²) in [6.07, 6.45) is 11.9. The number of rotatable bonds is 3. The first-order chi connectivity index (χ1) is 12.6. The molecule has 5 heteroatoms. The van der Waals surface area contributed by atoms with Crippen LogP contribution in [0.1, 0.15) is 72.9 Å². The molecule has 26 heavy (non-hydrogen) atoms. The molecule has 1 atom stereocenters. The largest absolute Gasteiger partial charge is 0.298 e. The Morgan fingerprint density at radius 3 is 2.85 bits per heavy atom. The zero-order chi connectivity index (χ0) is 18.1. The fourth-order valence-electron chi connectivity index (χ4n) is 5.63. The number of carbonyl (C=O) groups excluding carboxylic acids is 1. The smallest absolute Gasteiger partial charge is 0.274 e. The lowest BCUT2D eigenvalue weighted by Gasteiger charge is -2.35. The Kier molecular flexibility index (Phi) is 5.02. The highest BCUT2D eigenvalue weighted by atomic mass is 19.1. The number of amides is 1. The van der Waals surface area contributed by atoms with E-state index in [1.165, 1.54) is 57.4 Å². The highest BCUT2D eigenvalue weighted by molar-refractivity contribution is 5.93. The van der Waals surface area contributed by atoms with E-state index in [2.05, 4.69) is 4.90 Å². The Balaban J connectivity index is 1.40. The Morgan fingerprint density at radius 1 is 1.27 bits per heavy atom. The number of hydrogen-bond acceptors (Lipinski definition) is 3. The van der Waals surface area contributed by atoms with Crippen molar-refractivity contribution in [2.75, 3.05) is 13.1 Å². The van der Waals surface area contributed by atoms with E-state index >= 15 is 0 Å². The number of hydroxylamine groups is 1. The van der Waals surface area contributed by atoms with Crippen molar-refractivity contribution in [3.8, 4) is 0 Å². The fourth-order valence-corrected chi connectivity index (χ4v) is 5.63. The van der Waals surface area contributed by atoms with Gasteiger partial charge >= 0.3 is 0 Å². The highest BCUT2D eigenvalue weighted by Crippen LogP contribution is 2.51. The quantitative estimate of drug-likeness (QED) is 0.631. The third-order valence-electron chi connectivity index (χ3n) is 6.97. The van der Waals surface area contributed by atoms with E-state index in [0.29, 0.717) is 12.0 Å². The van der Waals surface area contributed by atoms with Gasteiger partial charge < -0.3 is 0 Å². The molecule has 2 N–H and O–H groups in total. The maximum atomic E-state index is 14.5. The summed E-state index contributed by atoms with van der Waals surface area (Å²) in [4.78, 5) is 13.9. The van der Waals surface area contributed by atoms with E-state index in [4.69, 9.17) is 5.21 Å². The van der Waals surface area contributed by atoms with Gasteiger partial charge in [0.05, 0.1) is 0 Å². The maximum Gasteiger partial charge on any atom is 0.274 e. The van der Waals surface area contributed by atoms with Crippen LogP contribution in [0.15, 0.2) is 12.1 Å². The zero-order valence-electron chi connectivity index (χ0n) is 15.4. The maximum absolute atomic E-state index is 14.5. The molecule has 0 bridgehead atoms. The minimum Gasteiger partial charge on any atom is -0.298 e. The molecule has 0 unspecified atom stereocenters. The van der Waals surface area contributed by atoms with Crippen LogP contribution < -0.4 is 5.48 Å². The summed E-state index contributed by atoms with van der Waals surface area (Å²) in [6.45, 7) is 2.62. The molecule has 2 fully saturated rings. The standard InChI is InChI=1S/C21H29FN2O2/c22-19-11-17(20(25)23-26)10-16-5-9-24(14-18(16)19)13-15-4-8-21(12-15)6-2-1-3-7-21/h10-11,15,26H,1-9,12-14H2,(H,23,25)/t15-/m0/s1. The van der Waals surface area contributed by atoms with Crippen molar-refractivity contribution in [2.45, 2.75) is 64.3 Å². The minimum absolute atomic E-state index is 0.187. The lowest BCUT2D eigenvalue weighted by molar-refractivity contribution is 0.0705. The normalized spacial score (nSPS) is 25.2. The highest BCUT2D eigenvalue weighted by Gasteiger charge is 2.40. The number of benzene rings is 1. The fraction of sp³-hybridized carbons (Fsp3) is 0.667. The van der Waals surface area contributed by atoms with Gasteiger partial charge in [-0.05, 0) is 67.6 Å². The first-order valence-corrected chi connectivity index (χ1v) is 10.1. The first kappa shape index (κ1) is 17.9. The summed E-state index contributed by atoms with van der Waals surface area (Å²) in [6, 6.07) is 2.95. The molecule has 1 aromatic carbocycles.